The van der Waals surface area contributed by atoms with Crippen molar-refractivity contribution in [1.82, 2.24) is 5.32 Å². The predicted octanol–water partition coefficient (Wildman–Crippen LogP) is 3.15. The highest BCUT2D eigenvalue weighted by Crippen LogP contribution is 2.59. The molecule has 0 amide bonds. The molecule has 1 atom stereocenters. The second-order valence-electron chi connectivity index (χ2n) is 2.40. The summed E-state index contributed by atoms with van der Waals surface area (Å²) in [5.74, 6) is 0. The molecule has 0 aromatic rings. The normalized spacial score (nSPS) is 16.2. The molecule has 1 N–H and O–H groups in total. The van der Waals surface area contributed by atoms with Crippen molar-refractivity contribution in [1.29, 1.82) is 0 Å². The number of hydrogen-bond acceptors (Lipinski definition) is 3. The summed E-state index contributed by atoms with van der Waals surface area (Å²) in [7, 11) is 0. The zero-order valence-corrected chi connectivity index (χ0v) is 11.3. The Hall–Kier alpha value is 0.170. The fraction of sp³-hybridized carbons (Fsp3) is 0.625. The molecule has 0 spiro atoms. The monoisotopic (exact) mass is 252 g/mol. The molecule has 14 heavy (non-hydrogen) atoms. The number of hydrogen-bond donors (Lipinski definition) is 1. The highest BCUT2D eigenvalue weighted by atomic mass is 32.9. The summed E-state index contributed by atoms with van der Waals surface area (Å²) in [6.07, 6.45) is 8.19. The van der Waals surface area contributed by atoms with Crippen LogP contribution in [0.4, 0.5) is 0 Å². The van der Waals surface area contributed by atoms with Gasteiger partial charge in [-0.05, 0) is 37.6 Å². The van der Waals surface area contributed by atoms with Gasteiger partial charge in [-0.1, -0.05) is 24.4 Å². The first-order chi connectivity index (χ1) is 6.68. The van der Waals surface area contributed by atoms with Gasteiger partial charge in [0, 0.05) is 0 Å². The van der Waals surface area contributed by atoms with Crippen LogP contribution in [0.25, 0.3) is 0 Å². The molecule has 0 heterocycles. The molecule has 0 saturated heterocycles. The van der Waals surface area contributed by atoms with Crippen LogP contribution >= 0.6 is 17.0 Å². The molecule has 3 nitrogen and oxygen atoms in total. The number of rotatable bonds is 7. The van der Waals surface area contributed by atoms with E-state index in [2.05, 4.69) is 17.0 Å². The topological polar surface area (TPSA) is 33.6 Å². The molecule has 0 aliphatic rings. The molecule has 0 bridgehead atoms. The lowest BCUT2D eigenvalue weighted by molar-refractivity contribution is 0.358. The van der Waals surface area contributed by atoms with Crippen LogP contribution in [-0.2, 0) is 16.3 Å². The zero-order valence-electron chi connectivity index (χ0n) is 8.77. The van der Waals surface area contributed by atoms with Crippen molar-refractivity contribution < 1.29 is 4.52 Å². The highest BCUT2D eigenvalue weighted by molar-refractivity contribution is 8.68. The maximum atomic E-state index is 5.54. The zero-order chi connectivity index (χ0) is 10.9. The van der Waals surface area contributed by atoms with Gasteiger partial charge in [0.1, 0.15) is 0 Å². The lowest BCUT2D eigenvalue weighted by atomic mass is 10.5. The van der Waals surface area contributed by atoms with Gasteiger partial charge in [-0.25, -0.2) is 4.76 Å². The van der Waals surface area contributed by atoms with Gasteiger partial charge in [0.15, 0.2) is 0 Å². The average Bonchev–Trinajstić information content (AvgIpc) is 2.22. The second-order valence-corrected chi connectivity index (χ2v) is 8.95. The van der Waals surface area contributed by atoms with Crippen LogP contribution in [0.2, 0.25) is 0 Å². The number of allylic oxidation sites excluding steroid dienone is 1. The molecule has 82 valence electrons. The van der Waals surface area contributed by atoms with Crippen LogP contribution in [0.5, 0.6) is 0 Å². The molecule has 0 saturated carbocycles. The van der Waals surface area contributed by atoms with Crippen LogP contribution in [0.3, 0.4) is 0 Å². The molecule has 0 radical (unpaired) electrons. The molecular weight excluding hydrogens is 235 g/mol. The Bertz CT molecular complexity index is 243. The molecule has 6 heteroatoms. The smallest absolute Gasteiger partial charge is 0.232 e. The van der Waals surface area contributed by atoms with E-state index in [1.165, 1.54) is 11.4 Å². The first-order valence-electron chi connectivity index (χ1n) is 4.40. The summed E-state index contributed by atoms with van der Waals surface area (Å²) in [5, 5.41) is 2.90. The summed E-state index contributed by atoms with van der Waals surface area (Å²) < 4.78 is 9.76. The Labute approximate surface area is 95.3 Å². The Balaban J connectivity index is 4.10. The van der Waals surface area contributed by atoms with Gasteiger partial charge < -0.3 is 9.84 Å². The molecule has 0 rings (SSSR count). The molecule has 1 unspecified atom stereocenters. The first-order valence-corrected chi connectivity index (χ1v) is 8.90. The van der Waals surface area contributed by atoms with E-state index in [1.54, 1.807) is 12.5 Å². The van der Waals surface area contributed by atoms with E-state index in [0.717, 1.165) is 6.42 Å². The summed E-state index contributed by atoms with van der Waals surface area (Å²) in [6, 6.07) is 0. The van der Waals surface area contributed by atoms with Crippen LogP contribution < -0.4 is 5.32 Å². The third-order valence-electron chi connectivity index (χ3n) is 1.23. The van der Waals surface area contributed by atoms with Crippen molar-refractivity contribution in [2.75, 3.05) is 12.9 Å². The van der Waals surface area contributed by atoms with Crippen molar-refractivity contribution in [3.05, 3.63) is 12.3 Å². The van der Waals surface area contributed by atoms with E-state index < -0.39 is 5.62 Å². The maximum Gasteiger partial charge on any atom is 0.232 e. The van der Waals surface area contributed by atoms with E-state index >= 15 is 0 Å². The molecule has 0 aromatic heterocycles. The minimum absolute atomic E-state index is 0.680. The lowest BCUT2D eigenvalue weighted by Crippen LogP contribution is -1.99. The number of nitrogens with one attached hydrogen (secondary N) is 1. The van der Waals surface area contributed by atoms with Crippen molar-refractivity contribution >= 4 is 35.1 Å². The van der Waals surface area contributed by atoms with Gasteiger partial charge in [0.05, 0.1) is 12.9 Å². The number of nitrogens with zero attached hydrogens (tertiary/aromatic N) is 1. The van der Waals surface area contributed by atoms with Crippen LogP contribution in [-0.4, -0.2) is 19.2 Å². The Kier molecular flexibility index (Phi) is 8.58. The quantitative estimate of drug-likeness (QED) is 0.429. The van der Waals surface area contributed by atoms with Gasteiger partial charge >= 0.3 is 0 Å². The molecule has 0 aliphatic heterocycles. The van der Waals surface area contributed by atoms with Gasteiger partial charge in [0.25, 0.3) is 0 Å². The maximum absolute atomic E-state index is 5.54. The van der Waals surface area contributed by atoms with E-state index in [4.69, 9.17) is 16.3 Å². The third-order valence-corrected chi connectivity index (χ3v) is 6.52. The molecule has 0 aliphatic carbocycles. The second kappa shape index (κ2) is 8.48. The van der Waals surface area contributed by atoms with E-state index in [1.807, 2.05) is 19.3 Å². The summed E-state index contributed by atoms with van der Waals surface area (Å²) in [6.45, 7) is 4.67. The standard InChI is InChI=1S/C8H17N2OPS2/c1-4-6-9-8-10-12(13,14-3)11-7-5-2/h4,6,8H,5,7H2,1-3H3,(H,9,10,13). The van der Waals surface area contributed by atoms with E-state index in [-0.39, 0.29) is 0 Å². The van der Waals surface area contributed by atoms with Gasteiger partial charge in [-0.3, -0.25) is 0 Å². The van der Waals surface area contributed by atoms with Crippen molar-refractivity contribution in [2.24, 2.45) is 4.76 Å². The van der Waals surface area contributed by atoms with E-state index in [0.29, 0.717) is 6.61 Å². The summed E-state index contributed by atoms with van der Waals surface area (Å²) in [4.78, 5) is 0. The highest BCUT2D eigenvalue weighted by Gasteiger charge is 2.12. The Morgan fingerprint density at radius 3 is 2.86 bits per heavy atom. The fourth-order valence-electron chi connectivity index (χ4n) is 0.583. The Morgan fingerprint density at radius 2 is 2.36 bits per heavy atom. The van der Waals surface area contributed by atoms with E-state index in [9.17, 15) is 0 Å². The van der Waals surface area contributed by atoms with Crippen LogP contribution in [0.1, 0.15) is 20.3 Å². The first kappa shape index (κ1) is 14.2. The van der Waals surface area contributed by atoms with Crippen molar-refractivity contribution in [3.8, 4) is 0 Å². The largest absolute Gasteiger partial charge is 0.353 e. The molecular formula is C8H17N2OPS2. The van der Waals surface area contributed by atoms with Crippen LogP contribution in [0.15, 0.2) is 17.0 Å². The molecule has 0 fully saturated rings. The van der Waals surface area contributed by atoms with Gasteiger partial charge in [0.2, 0.25) is 5.62 Å². The fourth-order valence-corrected chi connectivity index (χ4v) is 2.80. The van der Waals surface area contributed by atoms with Crippen molar-refractivity contribution in [2.45, 2.75) is 20.3 Å². The van der Waals surface area contributed by atoms with Gasteiger partial charge in [-0.15, -0.1) is 0 Å². The third kappa shape index (κ3) is 6.60. The lowest BCUT2D eigenvalue weighted by Gasteiger charge is -2.13. The SMILES string of the molecule is CC=CNC=NP(=S)(OCCC)SC. The summed E-state index contributed by atoms with van der Waals surface area (Å²) >= 11 is 6.82. The molecule has 0 aromatic carbocycles. The van der Waals surface area contributed by atoms with Crippen LogP contribution in [0, 0.1) is 0 Å². The summed E-state index contributed by atoms with van der Waals surface area (Å²) in [5.41, 5.74) is -2.03. The minimum Gasteiger partial charge on any atom is -0.353 e. The minimum atomic E-state index is -2.03. The predicted molar refractivity (Wildman–Crippen MR) is 70.5 cm³/mol. The van der Waals surface area contributed by atoms with Crippen molar-refractivity contribution in [3.63, 3.8) is 0 Å². The van der Waals surface area contributed by atoms with Gasteiger partial charge in [-0.2, -0.15) is 0 Å². The Morgan fingerprint density at radius 1 is 1.64 bits per heavy atom. The average molecular weight is 252 g/mol.